The zero-order valence-electron chi connectivity index (χ0n) is 20.1. The number of nitrogens with one attached hydrogen (secondary N) is 3. The lowest BCUT2D eigenvalue weighted by Crippen LogP contribution is -2.55. The molecule has 3 atom stereocenters. The molecule has 4 rings (SSSR count). The highest BCUT2D eigenvalue weighted by Crippen LogP contribution is 2.45. The molecule has 1 aromatic carbocycles. The number of hydrogen-bond donors (Lipinski definition) is 3. The zero-order chi connectivity index (χ0) is 24.2. The van der Waals surface area contributed by atoms with Crippen LogP contribution < -0.4 is 10.6 Å². The Morgan fingerprint density at radius 1 is 1.29 bits per heavy atom. The Balaban J connectivity index is 1.59. The quantitative estimate of drug-likeness (QED) is 0.413. The third-order valence-corrected chi connectivity index (χ3v) is 7.06. The van der Waals surface area contributed by atoms with Crippen LogP contribution >= 0.6 is 0 Å². The number of imide groups is 1. The summed E-state index contributed by atoms with van der Waals surface area (Å²) in [5.41, 5.74) is 3.75. The fraction of sp³-hybridized carbons (Fsp3) is 0.500. The summed E-state index contributed by atoms with van der Waals surface area (Å²) < 4.78 is 0. The van der Waals surface area contributed by atoms with Gasteiger partial charge in [0.1, 0.15) is 0 Å². The summed E-state index contributed by atoms with van der Waals surface area (Å²) in [6, 6.07) is 6.29. The molecular formula is C26H35N5O3. The Kier molecular flexibility index (Phi) is 7.36. The van der Waals surface area contributed by atoms with Crippen LogP contribution in [0.1, 0.15) is 43.7 Å². The molecule has 1 aliphatic heterocycles. The van der Waals surface area contributed by atoms with Gasteiger partial charge in [-0.15, -0.1) is 6.58 Å². The number of urea groups is 1. The van der Waals surface area contributed by atoms with Gasteiger partial charge in [0.15, 0.2) is 0 Å². The number of fused-ring (bicyclic) bond motifs is 2. The van der Waals surface area contributed by atoms with Gasteiger partial charge >= 0.3 is 6.03 Å². The van der Waals surface area contributed by atoms with E-state index in [-0.39, 0.29) is 36.2 Å². The van der Waals surface area contributed by atoms with Gasteiger partial charge in [-0.05, 0) is 43.4 Å². The van der Waals surface area contributed by atoms with Gasteiger partial charge in [-0.1, -0.05) is 18.2 Å². The highest BCUT2D eigenvalue weighted by Gasteiger charge is 2.43. The Bertz CT molecular complexity index is 1080. The number of likely N-dealkylation sites (tertiary alicyclic amines) is 1. The van der Waals surface area contributed by atoms with Gasteiger partial charge in [-0.2, -0.15) is 0 Å². The smallest absolute Gasteiger partial charge is 0.324 e. The van der Waals surface area contributed by atoms with Gasteiger partial charge in [-0.3, -0.25) is 19.4 Å². The molecular weight excluding hydrogens is 430 g/mol. The minimum Gasteiger partial charge on any atom is -0.361 e. The maximum Gasteiger partial charge on any atom is 0.324 e. The molecule has 1 aromatic heterocycles. The summed E-state index contributed by atoms with van der Waals surface area (Å²) in [4.78, 5) is 44.8. The summed E-state index contributed by atoms with van der Waals surface area (Å²) in [6.07, 6.45) is 6.17. The average Bonchev–Trinajstić information content (AvgIpc) is 3.23. The second-order valence-corrected chi connectivity index (χ2v) is 9.30. The number of aromatic amines is 1. The molecule has 1 saturated heterocycles. The van der Waals surface area contributed by atoms with Crippen molar-refractivity contribution in [2.45, 2.75) is 45.1 Å². The Morgan fingerprint density at radius 2 is 2.12 bits per heavy atom. The lowest BCUT2D eigenvalue weighted by Gasteiger charge is -2.47. The normalized spacial score (nSPS) is 21.5. The van der Waals surface area contributed by atoms with Gasteiger partial charge in [0.2, 0.25) is 11.8 Å². The van der Waals surface area contributed by atoms with Crippen LogP contribution in [0, 0.1) is 5.92 Å². The van der Waals surface area contributed by atoms with Crippen LogP contribution in [0.3, 0.4) is 0 Å². The number of aromatic nitrogens is 1. The van der Waals surface area contributed by atoms with E-state index in [1.54, 1.807) is 0 Å². The van der Waals surface area contributed by atoms with E-state index in [1.807, 2.05) is 13.0 Å². The molecule has 0 bridgehead atoms. The van der Waals surface area contributed by atoms with Crippen molar-refractivity contribution in [1.29, 1.82) is 0 Å². The SMILES string of the molecule is C=CCN1C[C@H](C(=O)N(CCCNC(C)=O)C(=O)NCC)C[C@@H]2c3cccc4[nH]cc(c34)C[C@H]21. The maximum atomic E-state index is 13.7. The van der Waals surface area contributed by atoms with E-state index in [0.29, 0.717) is 45.1 Å². The molecule has 2 heterocycles. The molecule has 1 fully saturated rings. The van der Waals surface area contributed by atoms with Gasteiger partial charge < -0.3 is 15.6 Å². The molecule has 34 heavy (non-hydrogen) atoms. The second-order valence-electron chi connectivity index (χ2n) is 9.30. The highest BCUT2D eigenvalue weighted by atomic mass is 16.2. The van der Waals surface area contributed by atoms with E-state index >= 15 is 0 Å². The number of H-pyrrole nitrogens is 1. The molecule has 0 radical (unpaired) electrons. The molecule has 1 aliphatic carbocycles. The summed E-state index contributed by atoms with van der Waals surface area (Å²) in [6.45, 7) is 9.69. The summed E-state index contributed by atoms with van der Waals surface area (Å²) in [5.74, 6) is -0.344. The van der Waals surface area contributed by atoms with E-state index in [9.17, 15) is 14.4 Å². The molecule has 2 aliphatic rings. The number of piperidine rings is 1. The number of carbonyl (C=O) groups is 3. The first kappa shape index (κ1) is 24.0. The van der Waals surface area contributed by atoms with Crippen molar-refractivity contribution < 1.29 is 14.4 Å². The van der Waals surface area contributed by atoms with Crippen molar-refractivity contribution in [2.75, 3.05) is 32.7 Å². The molecule has 0 saturated carbocycles. The van der Waals surface area contributed by atoms with Gasteiger partial charge in [0, 0.05) is 68.7 Å². The first-order valence-electron chi connectivity index (χ1n) is 12.2. The monoisotopic (exact) mass is 465 g/mol. The molecule has 0 spiro atoms. The predicted molar refractivity (Wildman–Crippen MR) is 132 cm³/mol. The van der Waals surface area contributed by atoms with Gasteiger partial charge in [-0.25, -0.2) is 4.79 Å². The molecule has 3 N–H and O–H groups in total. The van der Waals surface area contributed by atoms with E-state index in [0.717, 1.165) is 11.9 Å². The van der Waals surface area contributed by atoms with E-state index in [2.05, 4.69) is 51.5 Å². The van der Waals surface area contributed by atoms with Crippen LogP contribution in [0.2, 0.25) is 0 Å². The molecule has 8 heteroatoms. The standard InChI is InChI=1S/C26H35N5O3/c1-4-11-30-16-19(25(33)31(26(34)27-5-2)12-7-10-28-17(3)32)13-21-20-8-6-9-22-24(20)18(15-29-22)14-23(21)30/h4,6,8-9,15,19,21,23,29H,1,5,7,10-14,16H2,2-3H3,(H,27,34)(H,28,32)/t19-,21-,23-/m1/s1. The number of amides is 4. The minimum atomic E-state index is -0.369. The lowest BCUT2D eigenvalue weighted by atomic mass is 9.72. The average molecular weight is 466 g/mol. The third kappa shape index (κ3) is 4.73. The highest BCUT2D eigenvalue weighted by molar-refractivity contribution is 5.96. The Morgan fingerprint density at radius 3 is 2.85 bits per heavy atom. The summed E-state index contributed by atoms with van der Waals surface area (Å²) in [7, 11) is 0. The minimum absolute atomic E-state index is 0.120. The third-order valence-electron chi connectivity index (χ3n) is 7.06. The van der Waals surface area contributed by atoms with Crippen molar-refractivity contribution in [3.05, 3.63) is 48.2 Å². The molecule has 2 aromatic rings. The molecule has 4 amide bonds. The van der Waals surface area contributed by atoms with Crippen LogP contribution in [0.15, 0.2) is 37.1 Å². The number of carbonyl (C=O) groups excluding carboxylic acids is 3. The Labute approximate surface area is 200 Å². The van der Waals surface area contributed by atoms with Gasteiger partial charge in [0.25, 0.3) is 0 Å². The predicted octanol–water partition coefficient (Wildman–Crippen LogP) is 2.77. The van der Waals surface area contributed by atoms with E-state index < -0.39 is 0 Å². The molecule has 8 nitrogen and oxygen atoms in total. The van der Waals surface area contributed by atoms with Crippen molar-refractivity contribution >= 4 is 28.7 Å². The van der Waals surface area contributed by atoms with Crippen LogP contribution in [-0.4, -0.2) is 71.4 Å². The fourth-order valence-corrected chi connectivity index (χ4v) is 5.63. The van der Waals surface area contributed by atoms with Gasteiger partial charge in [0.05, 0.1) is 5.92 Å². The van der Waals surface area contributed by atoms with Crippen LogP contribution in [0.4, 0.5) is 4.79 Å². The summed E-state index contributed by atoms with van der Waals surface area (Å²) in [5, 5.41) is 6.80. The summed E-state index contributed by atoms with van der Waals surface area (Å²) >= 11 is 0. The lowest BCUT2D eigenvalue weighted by molar-refractivity contribution is -0.135. The maximum absolute atomic E-state index is 13.7. The van der Waals surface area contributed by atoms with Crippen LogP contribution in [-0.2, 0) is 16.0 Å². The fourth-order valence-electron chi connectivity index (χ4n) is 5.63. The molecule has 182 valence electrons. The van der Waals surface area contributed by atoms with Crippen LogP contribution in [0.25, 0.3) is 10.9 Å². The number of nitrogens with zero attached hydrogens (tertiary/aromatic N) is 2. The van der Waals surface area contributed by atoms with E-state index in [1.165, 1.54) is 28.3 Å². The van der Waals surface area contributed by atoms with Crippen molar-refractivity contribution in [3.63, 3.8) is 0 Å². The Hall–Kier alpha value is -3.13. The molecule has 0 unspecified atom stereocenters. The zero-order valence-corrected chi connectivity index (χ0v) is 20.1. The van der Waals surface area contributed by atoms with Crippen molar-refractivity contribution in [1.82, 2.24) is 25.4 Å². The van der Waals surface area contributed by atoms with E-state index in [4.69, 9.17) is 0 Å². The topological polar surface area (TPSA) is 97.5 Å². The first-order valence-corrected chi connectivity index (χ1v) is 12.2. The number of hydrogen-bond acceptors (Lipinski definition) is 4. The van der Waals surface area contributed by atoms with Crippen molar-refractivity contribution in [2.24, 2.45) is 5.92 Å². The van der Waals surface area contributed by atoms with Crippen LogP contribution in [0.5, 0.6) is 0 Å². The second kappa shape index (κ2) is 10.4. The number of benzene rings is 1. The largest absolute Gasteiger partial charge is 0.361 e. The first-order chi connectivity index (χ1) is 16.4. The van der Waals surface area contributed by atoms with Crippen molar-refractivity contribution in [3.8, 4) is 0 Å². The number of rotatable bonds is 8.